The van der Waals surface area contributed by atoms with Gasteiger partial charge in [0.1, 0.15) is 0 Å². The molecule has 0 aromatic heterocycles. The second-order valence-electron chi connectivity index (χ2n) is 6.01. The monoisotopic (exact) mass is 266 g/mol. The van der Waals surface area contributed by atoms with Crippen LogP contribution >= 0.6 is 11.6 Å². The summed E-state index contributed by atoms with van der Waals surface area (Å²) in [5.74, 6) is 0. The zero-order valence-corrected chi connectivity index (χ0v) is 12.1. The van der Waals surface area contributed by atoms with Crippen LogP contribution in [0.1, 0.15) is 38.3 Å². The normalized spacial score (nSPS) is 21.8. The lowest BCUT2D eigenvalue weighted by Gasteiger charge is -2.41. The summed E-state index contributed by atoms with van der Waals surface area (Å²) >= 11 is 6.07. The van der Waals surface area contributed by atoms with Gasteiger partial charge in [-0.25, -0.2) is 0 Å². The van der Waals surface area contributed by atoms with E-state index in [-0.39, 0.29) is 0 Å². The van der Waals surface area contributed by atoms with Gasteiger partial charge in [-0.15, -0.1) is 0 Å². The molecule has 1 saturated heterocycles. The van der Waals surface area contributed by atoms with Gasteiger partial charge >= 0.3 is 0 Å². The largest absolute Gasteiger partial charge is 0.329 e. The van der Waals surface area contributed by atoms with Crippen molar-refractivity contribution in [1.82, 2.24) is 4.90 Å². The van der Waals surface area contributed by atoms with Crippen LogP contribution in [0.2, 0.25) is 5.02 Å². The smallest absolute Gasteiger partial charge is 0.0470 e. The minimum atomic E-state index is 0.305. The third-order valence-electron chi connectivity index (χ3n) is 4.05. The summed E-state index contributed by atoms with van der Waals surface area (Å²) in [7, 11) is 0. The van der Waals surface area contributed by atoms with Gasteiger partial charge in [0.05, 0.1) is 0 Å². The minimum Gasteiger partial charge on any atom is -0.329 e. The van der Waals surface area contributed by atoms with Gasteiger partial charge in [0.15, 0.2) is 0 Å². The van der Waals surface area contributed by atoms with Crippen LogP contribution in [0.15, 0.2) is 24.3 Å². The highest BCUT2D eigenvalue weighted by atomic mass is 35.5. The maximum atomic E-state index is 6.07. The summed E-state index contributed by atoms with van der Waals surface area (Å²) in [5.41, 5.74) is 7.69. The zero-order chi connectivity index (χ0) is 13.2. The van der Waals surface area contributed by atoms with Crippen LogP contribution in [0, 0.1) is 5.41 Å². The second-order valence-corrected chi connectivity index (χ2v) is 6.44. The summed E-state index contributed by atoms with van der Waals surface area (Å²) < 4.78 is 0. The summed E-state index contributed by atoms with van der Waals surface area (Å²) in [4.78, 5) is 2.50. The predicted molar refractivity (Wildman–Crippen MR) is 77.8 cm³/mol. The van der Waals surface area contributed by atoms with E-state index in [4.69, 9.17) is 17.3 Å². The molecule has 2 N–H and O–H groups in total. The van der Waals surface area contributed by atoms with Crippen molar-refractivity contribution in [2.45, 2.75) is 32.7 Å². The zero-order valence-electron chi connectivity index (χ0n) is 11.3. The molecule has 0 radical (unpaired) electrons. The van der Waals surface area contributed by atoms with E-state index in [9.17, 15) is 0 Å². The standard InChI is InChI=1S/C15H23ClN2/c1-15(2)6-8-18(9-7-15)14(11-17)12-4-3-5-13(16)10-12/h3-5,10,14H,6-9,11,17H2,1-2H3. The molecule has 1 aliphatic heterocycles. The molecule has 0 aliphatic carbocycles. The molecule has 3 heteroatoms. The Morgan fingerprint density at radius 2 is 2.00 bits per heavy atom. The summed E-state index contributed by atoms with van der Waals surface area (Å²) in [6.45, 7) is 7.60. The van der Waals surface area contributed by atoms with E-state index in [2.05, 4.69) is 24.8 Å². The first-order valence-corrected chi connectivity index (χ1v) is 7.09. The Morgan fingerprint density at radius 3 is 2.56 bits per heavy atom. The van der Waals surface area contributed by atoms with Crippen molar-refractivity contribution in [2.24, 2.45) is 11.1 Å². The van der Waals surface area contributed by atoms with Crippen LogP contribution in [-0.4, -0.2) is 24.5 Å². The van der Waals surface area contributed by atoms with Gasteiger partial charge in [0.2, 0.25) is 0 Å². The summed E-state index contributed by atoms with van der Waals surface area (Å²) in [6.07, 6.45) is 2.48. The maximum absolute atomic E-state index is 6.07. The van der Waals surface area contributed by atoms with Crippen LogP contribution in [-0.2, 0) is 0 Å². The molecule has 1 fully saturated rings. The van der Waals surface area contributed by atoms with Gasteiger partial charge in [0.25, 0.3) is 0 Å². The quantitative estimate of drug-likeness (QED) is 0.908. The number of benzene rings is 1. The number of hydrogen-bond acceptors (Lipinski definition) is 2. The molecule has 1 unspecified atom stereocenters. The van der Waals surface area contributed by atoms with Gasteiger partial charge in [-0.3, -0.25) is 4.90 Å². The number of nitrogens with zero attached hydrogens (tertiary/aromatic N) is 1. The molecule has 1 heterocycles. The molecular formula is C15H23ClN2. The van der Waals surface area contributed by atoms with Crippen molar-refractivity contribution in [3.63, 3.8) is 0 Å². The maximum Gasteiger partial charge on any atom is 0.0470 e. The molecule has 0 amide bonds. The molecular weight excluding hydrogens is 244 g/mol. The van der Waals surface area contributed by atoms with Crippen molar-refractivity contribution in [3.05, 3.63) is 34.9 Å². The third-order valence-corrected chi connectivity index (χ3v) is 4.28. The molecule has 0 saturated carbocycles. The number of likely N-dealkylation sites (tertiary alicyclic amines) is 1. The van der Waals surface area contributed by atoms with E-state index in [0.717, 1.165) is 18.1 Å². The van der Waals surface area contributed by atoms with E-state index in [0.29, 0.717) is 18.0 Å². The molecule has 2 rings (SSSR count). The average molecular weight is 267 g/mol. The van der Waals surface area contributed by atoms with E-state index in [1.807, 2.05) is 18.2 Å². The van der Waals surface area contributed by atoms with E-state index < -0.39 is 0 Å². The Morgan fingerprint density at radius 1 is 1.33 bits per heavy atom. The Bertz CT molecular complexity index is 393. The van der Waals surface area contributed by atoms with Crippen LogP contribution in [0.4, 0.5) is 0 Å². The molecule has 1 atom stereocenters. The molecule has 1 aromatic rings. The van der Waals surface area contributed by atoms with Gasteiger partial charge in [0, 0.05) is 17.6 Å². The van der Waals surface area contributed by atoms with Crippen LogP contribution in [0.25, 0.3) is 0 Å². The van der Waals surface area contributed by atoms with Crippen molar-refractivity contribution in [2.75, 3.05) is 19.6 Å². The van der Waals surface area contributed by atoms with E-state index in [1.165, 1.54) is 18.4 Å². The SMILES string of the molecule is CC1(C)CCN(C(CN)c2cccc(Cl)c2)CC1. The Labute approximate surface area is 115 Å². The highest BCUT2D eigenvalue weighted by Crippen LogP contribution is 2.33. The van der Waals surface area contributed by atoms with Crippen LogP contribution in [0.5, 0.6) is 0 Å². The fraction of sp³-hybridized carbons (Fsp3) is 0.600. The fourth-order valence-electron chi connectivity index (χ4n) is 2.65. The van der Waals surface area contributed by atoms with Crippen molar-refractivity contribution in [1.29, 1.82) is 0 Å². The second kappa shape index (κ2) is 5.60. The first kappa shape index (κ1) is 13.9. The summed E-state index contributed by atoms with van der Waals surface area (Å²) in [6, 6.07) is 8.40. The molecule has 0 bridgehead atoms. The van der Waals surface area contributed by atoms with Crippen molar-refractivity contribution >= 4 is 11.6 Å². The van der Waals surface area contributed by atoms with Gasteiger partial charge < -0.3 is 5.73 Å². The topological polar surface area (TPSA) is 29.3 Å². The first-order valence-electron chi connectivity index (χ1n) is 6.71. The van der Waals surface area contributed by atoms with Gasteiger partial charge in [-0.05, 0) is 49.0 Å². The number of nitrogens with two attached hydrogens (primary N) is 1. The minimum absolute atomic E-state index is 0.305. The fourth-order valence-corrected chi connectivity index (χ4v) is 2.85. The van der Waals surface area contributed by atoms with Crippen LogP contribution in [0.3, 0.4) is 0 Å². The highest BCUT2D eigenvalue weighted by Gasteiger charge is 2.29. The van der Waals surface area contributed by atoms with E-state index in [1.54, 1.807) is 0 Å². The Balaban J connectivity index is 2.10. The van der Waals surface area contributed by atoms with Gasteiger partial charge in [-0.2, -0.15) is 0 Å². The molecule has 1 aromatic carbocycles. The molecule has 18 heavy (non-hydrogen) atoms. The molecule has 100 valence electrons. The van der Waals surface area contributed by atoms with Crippen molar-refractivity contribution in [3.8, 4) is 0 Å². The lowest BCUT2D eigenvalue weighted by molar-refractivity contribution is 0.0964. The third kappa shape index (κ3) is 3.25. The van der Waals surface area contributed by atoms with E-state index >= 15 is 0 Å². The first-order chi connectivity index (χ1) is 8.52. The Hall–Kier alpha value is -0.570. The lowest BCUT2D eigenvalue weighted by Crippen LogP contribution is -2.42. The molecule has 1 aliphatic rings. The average Bonchev–Trinajstić information content (AvgIpc) is 2.32. The van der Waals surface area contributed by atoms with Crippen molar-refractivity contribution < 1.29 is 0 Å². The lowest BCUT2D eigenvalue weighted by atomic mass is 9.82. The van der Waals surface area contributed by atoms with Crippen LogP contribution < -0.4 is 5.73 Å². The van der Waals surface area contributed by atoms with Gasteiger partial charge in [-0.1, -0.05) is 37.6 Å². The summed E-state index contributed by atoms with van der Waals surface area (Å²) in [5, 5.41) is 0.795. The number of rotatable bonds is 3. The molecule has 0 spiro atoms. The molecule has 2 nitrogen and oxygen atoms in total. The Kier molecular flexibility index (Phi) is 4.31. The number of piperidine rings is 1. The highest BCUT2D eigenvalue weighted by molar-refractivity contribution is 6.30. The number of halogens is 1. The predicted octanol–water partition coefficient (Wildman–Crippen LogP) is 3.46. The number of hydrogen-bond donors (Lipinski definition) is 1.